The molecule has 1 saturated carbocycles. The van der Waals surface area contributed by atoms with Crippen LogP contribution in [-0.4, -0.2) is 63.1 Å². The van der Waals surface area contributed by atoms with Crippen molar-refractivity contribution in [1.82, 2.24) is 24.9 Å². The number of hydrogen-bond acceptors (Lipinski definition) is 9. The van der Waals surface area contributed by atoms with Gasteiger partial charge in [-0.1, -0.05) is 6.07 Å². The summed E-state index contributed by atoms with van der Waals surface area (Å²) in [4.78, 5) is 23.5. The van der Waals surface area contributed by atoms with Crippen LogP contribution in [0.1, 0.15) is 23.2 Å². The standard InChI is InChI=1S/C23H26N8O3/c1-24-20-12-18(27-16-6-5-11-30(23(16)33)19-7-3-4-10-25-19)29-21-14(13-26-31(20)21)22(32)28-15-8-9-17(15)34-2/h3-7,10-13,15,17,23-24,33H,8-9H2,1-2H3,(H,27,29)(H,28,32)/t15?,17-,23?/m1/s1. The van der Waals surface area contributed by atoms with E-state index in [0.717, 1.165) is 12.8 Å². The molecule has 2 aliphatic rings. The van der Waals surface area contributed by atoms with Gasteiger partial charge in [-0.05, 0) is 37.1 Å². The van der Waals surface area contributed by atoms with E-state index in [1.165, 1.54) is 6.20 Å². The SMILES string of the molecule is CNc1cc(NC2=CC=CN(c3ccccn3)C2O)nc2c(C(=O)NC3CC[C@H]3OC)cnn12. The van der Waals surface area contributed by atoms with Crippen LogP contribution in [0.2, 0.25) is 0 Å². The molecule has 34 heavy (non-hydrogen) atoms. The summed E-state index contributed by atoms with van der Waals surface area (Å²) in [5.74, 6) is 1.44. The Morgan fingerprint density at radius 2 is 2.18 bits per heavy atom. The number of allylic oxidation sites excluding steroid dienone is 2. The van der Waals surface area contributed by atoms with Crippen molar-refractivity contribution < 1.29 is 14.6 Å². The van der Waals surface area contributed by atoms with Crippen LogP contribution < -0.4 is 20.9 Å². The van der Waals surface area contributed by atoms with Gasteiger partial charge in [0.05, 0.1) is 24.0 Å². The molecule has 11 heteroatoms. The Labute approximate surface area is 196 Å². The molecule has 176 valence electrons. The Morgan fingerprint density at radius 1 is 1.29 bits per heavy atom. The van der Waals surface area contributed by atoms with E-state index in [-0.39, 0.29) is 18.1 Å². The molecule has 1 fully saturated rings. The number of hydrogen-bond donors (Lipinski definition) is 4. The lowest BCUT2D eigenvalue weighted by Gasteiger charge is -2.35. The van der Waals surface area contributed by atoms with Crippen molar-refractivity contribution in [2.24, 2.45) is 0 Å². The molecule has 1 aliphatic heterocycles. The maximum absolute atomic E-state index is 13.0. The molecule has 5 rings (SSSR count). The van der Waals surface area contributed by atoms with Crippen molar-refractivity contribution >= 4 is 29.0 Å². The minimum Gasteiger partial charge on any atom is -0.379 e. The summed E-state index contributed by atoms with van der Waals surface area (Å²) >= 11 is 0. The van der Waals surface area contributed by atoms with Gasteiger partial charge >= 0.3 is 0 Å². The van der Waals surface area contributed by atoms with E-state index in [0.29, 0.717) is 34.4 Å². The van der Waals surface area contributed by atoms with E-state index in [9.17, 15) is 9.90 Å². The molecule has 3 aromatic rings. The molecule has 1 aliphatic carbocycles. The van der Waals surface area contributed by atoms with Gasteiger partial charge in [0, 0.05) is 32.6 Å². The van der Waals surface area contributed by atoms with Gasteiger partial charge in [0.15, 0.2) is 11.9 Å². The van der Waals surface area contributed by atoms with E-state index >= 15 is 0 Å². The molecule has 1 amide bonds. The summed E-state index contributed by atoms with van der Waals surface area (Å²) in [6, 6.07) is 7.22. The highest BCUT2D eigenvalue weighted by atomic mass is 16.5. The predicted octanol–water partition coefficient (Wildman–Crippen LogP) is 1.72. The van der Waals surface area contributed by atoms with E-state index in [1.54, 1.807) is 48.1 Å². The van der Waals surface area contributed by atoms with Crippen molar-refractivity contribution in [3.63, 3.8) is 0 Å². The third-order valence-electron chi connectivity index (χ3n) is 6.05. The number of methoxy groups -OCH3 is 1. The second-order valence-electron chi connectivity index (χ2n) is 8.06. The van der Waals surface area contributed by atoms with Gasteiger partial charge in [-0.15, -0.1) is 0 Å². The van der Waals surface area contributed by atoms with Crippen LogP contribution in [0.5, 0.6) is 0 Å². The summed E-state index contributed by atoms with van der Waals surface area (Å²) in [6.07, 6.45) is 9.33. The molecule has 0 aromatic carbocycles. The molecule has 2 unspecified atom stereocenters. The minimum absolute atomic E-state index is 0.0237. The summed E-state index contributed by atoms with van der Waals surface area (Å²) in [5, 5.41) is 24.5. The molecule has 0 spiro atoms. The highest BCUT2D eigenvalue weighted by molar-refractivity contribution is 6.00. The fourth-order valence-corrected chi connectivity index (χ4v) is 4.05. The number of aromatic nitrogens is 4. The molecule has 3 aromatic heterocycles. The number of fused-ring (bicyclic) bond motifs is 1. The smallest absolute Gasteiger partial charge is 0.257 e. The molecule has 11 nitrogen and oxygen atoms in total. The number of aliphatic hydroxyl groups excluding tert-OH is 1. The predicted molar refractivity (Wildman–Crippen MR) is 127 cm³/mol. The largest absolute Gasteiger partial charge is 0.379 e. The number of pyridine rings is 1. The second-order valence-corrected chi connectivity index (χ2v) is 8.06. The molecule has 0 saturated heterocycles. The van der Waals surface area contributed by atoms with Crippen LogP contribution in [0.25, 0.3) is 5.65 Å². The molecular weight excluding hydrogens is 436 g/mol. The Kier molecular flexibility index (Phi) is 5.86. The second kappa shape index (κ2) is 9.12. The Balaban J connectivity index is 1.41. The maximum Gasteiger partial charge on any atom is 0.257 e. The lowest BCUT2D eigenvalue weighted by atomic mass is 9.89. The van der Waals surface area contributed by atoms with Gasteiger partial charge in [0.2, 0.25) is 0 Å². The fourth-order valence-electron chi connectivity index (χ4n) is 4.05. The first-order valence-corrected chi connectivity index (χ1v) is 11.0. The summed E-state index contributed by atoms with van der Waals surface area (Å²) in [7, 11) is 3.41. The van der Waals surface area contributed by atoms with Crippen LogP contribution in [0.15, 0.2) is 60.7 Å². The molecule has 4 N–H and O–H groups in total. The third kappa shape index (κ3) is 3.95. The zero-order chi connectivity index (χ0) is 23.7. The van der Waals surface area contributed by atoms with Crippen LogP contribution in [0.4, 0.5) is 17.5 Å². The summed E-state index contributed by atoms with van der Waals surface area (Å²) in [6.45, 7) is 0. The average molecular weight is 463 g/mol. The Hall–Kier alpha value is -3.96. The summed E-state index contributed by atoms with van der Waals surface area (Å²) < 4.78 is 6.95. The van der Waals surface area contributed by atoms with Crippen LogP contribution in [-0.2, 0) is 4.74 Å². The number of carbonyl (C=O) groups is 1. The van der Waals surface area contributed by atoms with E-state index in [4.69, 9.17) is 4.74 Å². The summed E-state index contributed by atoms with van der Waals surface area (Å²) in [5.41, 5.74) is 1.26. The maximum atomic E-state index is 13.0. The van der Waals surface area contributed by atoms with Crippen molar-refractivity contribution in [3.05, 3.63) is 66.3 Å². The zero-order valence-electron chi connectivity index (χ0n) is 18.8. The monoisotopic (exact) mass is 462 g/mol. The highest BCUT2D eigenvalue weighted by Crippen LogP contribution is 2.26. The number of ether oxygens (including phenoxy) is 1. The lowest BCUT2D eigenvalue weighted by molar-refractivity contribution is 0.00732. The molecule has 0 bridgehead atoms. The van der Waals surface area contributed by atoms with Gasteiger partial charge in [-0.2, -0.15) is 9.61 Å². The normalized spacial score (nSPS) is 21.7. The van der Waals surface area contributed by atoms with Crippen LogP contribution >= 0.6 is 0 Å². The third-order valence-corrected chi connectivity index (χ3v) is 6.05. The molecule has 3 atom stereocenters. The Morgan fingerprint density at radius 3 is 2.88 bits per heavy atom. The van der Waals surface area contributed by atoms with E-state index < -0.39 is 6.23 Å². The fraction of sp³-hybridized carbons (Fsp3) is 0.304. The molecule has 4 heterocycles. The first-order valence-electron chi connectivity index (χ1n) is 11.0. The average Bonchev–Trinajstić information content (AvgIpc) is 3.27. The van der Waals surface area contributed by atoms with Crippen LogP contribution in [0.3, 0.4) is 0 Å². The van der Waals surface area contributed by atoms with E-state index in [2.05, 4.69) is 31.0 Å². The van der Waals surface area contributed by atoms with Gasteiger partial charge in [0.1, 0.15) is 23.0 Å². The molecular formula is C23H26N8O3. The number of anilines is 3. The van der Waals surface area contributed by atoms with Crippen molar-refractivity contribution in [2.75, 3.05) is 29.7 Å². The quantitative estimate of drug-likeness (QED) is 0.415. The van der Waals surface area contributed by atoms with Gasteiger partial charge in [-0.3, -0.25) is 4.79 Å². The number of nitrogens with one attached hydrogen (secondary N) is 3. The lowest BCUT2D eigenvalue weighted by Crippen LogP contribution is -2.51. The number of carbonyl (C=O) groups excluding carboxylic acids is 1. The Bertz CT molecular complexity index is 1250. The van der Waals surface area contributed by atoms with Gasteiger partial charge < -0.3 is 30.7 Å². The van der Waals surface area contributed by atoms with Crippen molar-refractivity contribution in [2.45, 2.75) is 31.2 Å². The van der Waals surface area contributed by atoms with E-state index in [1.807, 2.05) is 24.3 Å². The molecule has 0 radical (unpaired) electrons. The number of rotatable bonds is 7. The zero-order valence-corrected chi connectivity index (χ0v) is 18.8. The number of aliphatic hydroxyl groups is 1. The first kappa shape index (κ1) is 21.9. The van der Waals surface area contributed by atoms with Crippen molar-refractivity contribution in [1.29, 1.82) is 0 Å². The first-order chi connectivity index (χ1) is 16.6. The number of nitrogens with zero attached hydrogens (tertiary/aromatic N) is 5. The topological polar surface area (TPSA) is 129 Å². The van der Waals surface area contributed by atoms with Gasteiger partial charge in [-0.25, -0.2) is 9.97 Å². The van der Waals surface area contributed by atoms with Crippen molar-refractivity contribution in [3.8, 4) is 0 Å². The van der Waals surface area contributed by atoms with Crippen LogP contribution in [0, 0.1) is 0 Å². The van der Waals surface area contributed by atoms with Gasteiger partial charge in [0.25, 0.3) is 5.91 Å². The number of amides is 1. The minimum atomic E-state index is -0.992. The highest BCUT2D eigenvalue weighted by Gasteiger charge is 2.33.